The van der Waals surface area contributed by atoms with Crippen LogP contribution in [0.2, 0.25) is 0 Å². The molecule has 0 spiro atoms. The highest BCUT2D eigenvalue weighted by Gasteiger charge is 2.30. The molecular formula is C18H36N2O6S+2. The van der Waals surface area contributed by atoms with Gasteiger partial charge in [-0.3, -0.25) is 4.55 Å². The Bertz CT molecular complexity index is 589. The number of esters is 1. The highest BCUT2D eigenvalue weighted by Crippen LogP contribution is 2.06. The molecule has 1 heterocycles. The quantitative estimate of drug-likeness (QED) is 0.175. The standard InChI is InChI=1S/C10H18N2O2.C8H18O4S/c1-4-7-14-10(13)8-12(3)6-5-11(2)9-12;1-2-3-4-5-6-7-8-12-13(9,10)11/h5-6,9H,4,7-8H2,1-3H3;2-8H2,1H3,(H,9,10,11)/q+2;/t12-;/m0./s1. The Labute approximate surface area is 164 Å². The van der Waals surface area contributed by atoms with Crippen LogP contribution in [-0.2, 0) is 24.1 Å². The number of carbonyl (C=O) groups is 1. The molecule has 0 saturated heterocycles. The lowest BCUT2D eigenvalue weighted by molar-refractivity contribution is -0.759. The normalized spacial score (nSPS) is 18.6. The van der Waals surface area contributed by atoms with Gasteiger partial charge in [-0.05, 0) is 12.8 Å². The number of hydrogen-bond acceptors (Lipinski definition) is 5. The summed E-state index contributed by atoms with van der Waals surface area (Å²) in [5, 5.41) is 0. The van der Waals surface area contributed by atoms with Crippen molar-refractivity contribution in [3.63, 3.8) is 0 Å². The minimum Gasteiger partial charge on any atom is -0.462 e. The topological polar surface area (TPSA) is 92.9 Å². The van der Waals surface area contributed by atoms with Crippen LogP contribution >= 0.6 is 0 Å². The number of carbonyl (C=O) groups excluding carboxylic acids is 1. The van der Waals surface area contributed by atoms with Gasteiger partial charge in [0.25, 0.3) is 0 Å². The van der Waals surface area contributed by atoms with Gasteiger partial charge in [-0.25, -0.2) is 13.5 Å². The highest BCUT2D eigenvalue weighted by molar-refractivity contribution is 7.80. The average molecular weight is 409 g/mol. The van der Waals surface area contributed by atoms with Gasteiger partial charge in [0.2, 0.25) is 6.20 Å². The van der Waals surface area contributed by atoms with Gasteiger partial charge in [0, 0.05) is 0 Å². The molecule has 9 heteroatoms. The van der Waals surface area contributed by atoms with Crippen molar-refractivity contribution in [1.29, 1.82) is 0 Å². The molecule has 0 fully saturated rings. The van der Waals surface area contributed by atoms with E-state index in [1.54, 1.807) is 0 Å². The molecular weight excluding hydrogens is 372 g/mol. The molecule has 0 aromatic heterocycles. The maximum Gasteiger partial charge on any atom is 0.397 e. The van der Waals surface area contributed by atoms with E-state index in [0.29, 0.717) is 24.1 Å². The molecule has 8 nitrogen and oxygen atoms in total. The van der Waals surface area contributed by atoms with E-state index in [-0.39, 0.29) is 12.6 Å². The van der Waals surface area contributed by atoms with E-state index in [4.69, 9.17) is 9.29 Å². The van der Waals surface area contributed by atoms with Gasteiger partial charge in [0.05, 0.1) is 20.3 Å². The van der Waals surface area contributed by atoms with Crippen molar-refractivity contribution in [2.24, 2.45) is 0 Å². The Kier molecular flexibility index (Phi) is 13.2. The lowest BCUT2D eigenvalue weighted by Gasteiger charge is -2.16. The lowest BCUT2D eigenvalue weighted by atomic mass is 10.1. The molecule has 0 amide bonds. The second-order valence-corrected chi connectivity index (χ2v) is 7.91. The van der Waals surface area contributed by atoms with Gasteiger partial charge in [0.15, 0.2) is 12.7 Å². The van der Waals surface area contributed by atoms with E-state index in [1.165, 1.54) is 19.3 Å². The molecule has 0 bridgehead atoms. The first-order chi connectivity index (χ1) is 12.6. The fourth-order valence-electron chi connectivity index (χ4n) is 2.43. The lowest BCUT2D eigenvalue weighted by Crippen LogP contribution is -2.41. The number of nitrogens with zero attached hydrogens (tertiary/aromatic N) is 2. The SMILES string of the molecule is CCCCCCCCOS(=O)(=O)O.CCCOC(=O)C[N@+]1(C)C=C[N+](C)=C1. The van der Waals surface area contributed by atoms with Crippen LogP contribution in [0.3, 0.4) is 0 Å². The first-order valence-corrected chi connectivity index (χ1v) is 10.9. The molecule has 158 valence electrons. The zero-order valence-corrected chi connectivity index (χ0v) is 17.9. The maximum atomic E-state index is 11.4. The van der Waals surface area contributed by atoms with Crippen LogP contribution in [0.15, 0.2) is 12.4 Å². The van der Waals surface area contributed by atoms with Crippen LogP contribution in [0.1, 0.15) is 58.8 Å². The van der Waals surface area contributed by atoms with Crippen LogP contribution in [0, 0.1) is 0 Å². The van der Waals surface area contributed by atoms with Gasteiger partial charge >= 0.3 is 22.7 Å². The van der Waals surface area contributed by atoms with Crippen molar-refractivity contribution in [1.82, 2.24) is 0 Å². The fourth-order valence-corrected chi connectivity index (χ4v) is 2.76. The Morgan fingerprint density at radius 2 is 1.70 bits per heavy atom. The van der Waals surface area contributed by atoms with E-state index in [0.717, 1.165) is 19.3 Å². The van der Waals surface area contributed by atoms with E-state index < -0.39 is 10.4 Å². The van der Waals surface area contributed by atoms with Gasteiger partial charge in [-0.2, -0.15) is 13.0 Å². The molecule has 0 aromatic carbocycles. The number of likely N-dealkylation sites (N-methyl/N-ethyl adjacent to an activating group) is 1. The smallest absolute Gasteiger partial charge is 0.397 e. The van der Waals surface area contributed by atoms with E-state index in [2.05, 4.69) is 11.1 Å². The minimum atomic E-state index is -4.22. The number of hydrogen-bond donors (Lipinski definition) is 1. The maximum absolute atomic E-state index is 11.4. The van der Waals surface area contributed by atoms with Gasteiger partial charge < -0.3 is 4.74 Å². The first kappa shape index (κ1) is 25.7. The van der Waals surface area contributed by atoms with E-state index >= 15 is 0 Å². The number of rotatable bonds is 12. The molecule has 0 unspecified atom stereocenters. The summed E-state index contributed by atoms with van der Waals surface area (Å²) in [4.78, 5) is 11.4. The first-order valence-electron chi connectivity index (χ1n) is 9.51. The summed E-state index contributed by atoms with van der Waals surface area (Å²) < 4.78 is 40.0. The summed E-state index contributed by atoms with van der Waals surface area (Å²) in [6, 6.07) is 0. The van der Waals surface area contributed by atoms with Crippen molar-refractivity contribution < 1.29 is 35.7 Å². The summed E-state index contributed by atoms with van der Waals surface area (Å²) in [5.74, 6) is -0.148. The Hall–Kier alpha value is -1.29. The Morgan fingerprint density at radius 3 is 2.22 bits per heavy atom. The molecule has 0 aromatic rings. The molecule has 1 atom stereocenters. The minimum absolute atomic E-state index is 0.0883. The number of unbranched alkanes of at least 4 members (excludes halogenated alkanes) is 5. The zero-order chi connectivity index (χ0) is 20.8. The predicted molar refractivity (Wildman–Crippen MR) is 105 cm³/mol. The van der Waals surface area contributed by atoms with E-state index in [9.17, 15) is 13.2 Å². The van der Waals surface area contributed by atoms with Crippen LogP contribution in [0.5, 0.6) is 0 Å². The van der Waals surface area contributed by atoms with Gasteiger partial charge in [-0.15, -0.1) is 0 Å². The molecule has 1 aliphatic rings. The molecule has 27 heavy (non-hydrogen) atoms. The third kappa shape index (κ3) is 15.5. The third-order valence-corrected chi connectivity index (χ3v) is 4.22. The van der Waals surface area contributed by atoms with Crippen LogP contribution < -0.4 is 0 Å². The van der Waals surface area contributed by atoms with Crippen molar-refractivity contribution >= 4 is 22.7 Å². The van der Waals surface area contributed by atoms with Gasteiger partial charge in [0.1, 0.15) is 7.05 Å². The fraction of sp³-hybridized carbons (Fsp3) is 0.778. The molecule has 0 saturated carbocycles. The van der Waals surface area contributed by atoms with Crippen LogP contribution in [-0.4, -0.2) is 68.2 Å². The largest absolute Gasteiger partial charge is 0.462 e. The third-order valence-electron chi connectivity index (χ3n) is 3.76. The van der Waals surface area contributed by atoms with Crippen LogP contribution in [0.4, 0.5) is 0 Å². The molecule has 1 N–H and O–H groups in total. The summed E-state index contributed by atoms with van der Waals surface area (Å²) in [6.45, 7) is 5.09. The van der Waals surface area contributed by atoms with Crippen LogP contribution in [0.25, 0.3) is 0 Å². The zero-order valence-electron chi connectivity index (χ0n) is 17.1. The van der Waals surface area contributed by atoms with Crippen molar-refractivity contribution in [3.8, 4) is 0 Å². The second-order valence-electron chi connectivity index (χ2n) is 6.82. The molecule has 0 radical (unpaired) electrons. The summed E-state index contributed by atoms with van der Waals surface area (Å²) in [5.41, 5.74) is 0. The van der Waals surface area contributed by atoms with Crippen molar-refractivity contribution in [2.75, 3.05) is 33.9 Å². The van der Waals surface area contributed by atoms with Crippen molar-refractivity contribution in [2.45, 2.75) is 58.8 Å². The highest BCUT2D eigenvalue weighted by atomic mass is 32.3. The molecule has 0 aliphatic carbocycles. The van der Waals surface area contributed by atoms with Gasteiger partial charge in [-0.1, -0.05) is 46.0 Å². The second kappa shape index (κ2) is 13.8. The number of ether oxygens (including phenoxy) is 1. The monoisotopic (exact) mass is 408 g/mol. The summed E-state index contributed by atoms with van der Waals surface area (Å²) in [7, 11) is -0.314. The van der Waals surface area contributed by atoms with Crippen molar-refractivity contribution in [3.05, 3.63) is 12.4 Å². The average Bonchev–Trinajstić information content (AvgIpc) is 2.90. The Balaban J connectivity index is 0.000000503. The molecule has 1 aliphatic heterocycles. The predicted octanol–water partition coefficient (Wildman–Crippen LogP) is 2.71. The summed E-state index contributed by atoms with van der Waals surface area (Å²) >= 11 is 0. The molecule has 1 rings (SSSR count). The Morgan fingerprint density at radius 1 is 1.07 bits per heavy atom. The number of quaternary nitrogens is 1. The van der Waals surface area contributed by atoms with E-state index in [1.807, 2.05) is 44.3 Å². The summed E-state index contributed by atoms with van der Waals surface area (Å²) in [6.07, 6.45) is 13.1.